The van der Waals surface area contributed by atoms with Gasteiger partial charge in [-0.25, -0.2) is 0 Å². The number of nitrogens with zero attached hydrogens (tertiary/aromatic N) is 1. The van der Waals surface area contributed by atoms with Crippen LogP contribution in [0.4, 0.5) is 0 Å². The van der Waals surface area contributed by atoms with E-state index in [-0.39, 0.29) is 0 Å². The van der Waals surface area contributed by atoms with Crippen LogP contribution in [0.3, 0.4) is 0 Å². The second-order valence-corrected chi connectivity index (χ2v) is 4.55. The van der Waals surface area contributed by atoms with Gasteiger partial charge in [0.1, 0.15) is 0 Å². The third-order valence-corrected chi connectivity index (χ3v) is 2.95. The zero-order valence-corrected chi connectivity index (χ0v) is 10.0. The SMILES string of the molecule is Brc1cnc2cc(-c3ccccc3)[nH]c2c1. The van der Waals surface area contributed by atoms with Gasteiger partial charge < -0.3 is 4.98 Å². The molecular formula is C13H9BrN2. The largest absolute Gasteiger partial charge is 0.353 e. The minimum atomic E-state index is 0.987. The molecule has 0 spiro atoms. The van der Waals surface area contributed by atoms with Crippen molar-refractivity contribution in [2.75, 3.05) is 0 Å². The van der Waals surface area contributed by atoms with Crippen LogP contribution in [0.15, 0.2) is 53.1 Å². The van der Waals surface area contributed by atoms with Gasteiger partial charge in [-0.15, -0.1) is 0 Å². The number of aromatic amines is 1. The van der Waals surface area contributed by atoms with Gasteiger partial charge in [-0.2, -0.15) is 0 Å². The maximum Gasteiger partial charge on any atom is 0.0886 e. The Labute approximate surface area is 101 Å². The Bertz CT molecular complexity index is 629. The van der Waals surface area contributed by atoms with Gasteiger partial charge in [-0.3, -0.25) is 4.98 Å². The van der Waals surface area contributed by atoms with Crippen LogP contribution in [-0.2, 0) is 0 Å². The molecule has 3 aromatic rings. The van der Waals surface area contributed by atoms with Crippen molar-refractivity contribution in [1.82, 2.24) is 9.97 Å². The van der Waals surface area contributed by atoms with Crippen LogP contribution in [0, 0.1) is 0 Å². The molecule has 3 rings (SSSR count). The molecule has 0 fully saturated rings. The smallest absolute Gasteiger partial charge is 0.0886 e. The summed E-state index contributed by atoms with van der Waals surface area (Å²) in [5, 5.41) is 0. The summed E-state index contributed by atoms with van der Waals surface area (Å²) in [6.45, 7) is 0. The average molecular weight is 273 g/mol. The summed E-state index contributed by atoms with van der Waals surface area (Å²) in [4.78, 5) is 7.71. The predicted octanol–water partition coefficient (Wildman–Crippen LogP) is 3.99. The minimum Gasteiger partial charge on any atom is -0.353 e. The number of fused-ring (bicyclic) bond motifs is 1. The second-order valence-electron chi connectivity index (χ2n) is 3.64. The molecule has 16 heavy (non-hydrogen) atoms. The number of hydrogen-bond acceptors (Lipinski definition) is 1. The highest BCUT2D eigenvalue weighted by atomic mass is 79.9. The van der Waals surface area contributed by atoms with E-state index in [9.17, 15) is 0 Å². The molecule has 1 N–H and O–H groups in total. The third kappa shape index (κ3) is 1.63. The zero-order chi connectivity index (χ0) is 11.0. The van der Waals surface area contributed by atoms with Crippen molar-refractivity contribution >= 4 is 27.0 Å². The molecule has 0 bridgehead atoms. The second kappa shape index (κ2) is 3.76. The first-order valence-corrected chi connectivity index (χ1v) is 5.82. The summed E-state index contributed by atoms with van der Waals surface area (Å²) >= 11 is 3.42. The third-order valence-electron chi connectivity index (χ3n) is 2.52. The fourth-order valence-corrected chi connectivity index (χ4v) is 2.09. The standard InChI is InChI=1S/C13H9BrN2/c14-10-6-13-12(15-8-10)7-11(16-13)9-4-2-1-3-5-9/h1-8,16H. The van der Waals surface area contributed by atoms with E-state index in [2.05, 4.69) is 44.1 Å². The van der Waals surface area contributed by atoms with Crippen LogP contribution in [-0.4, -0.2) is 9.97 Å². The molecule has 0 aliphatic rings. The van der Waals surface area contributed by atoms with Gasteiger partial charge in [-0.05, 0) is 33.6 Å². The number of nitrogens with one attached hydrogen (secondary N) is 1. The molecule has 3 heteroatoms. The number of halogens is 1. The maximum atomic E-state index is 4.35. The molecule has 2 heterocycles. The summed E-state index contributed by atoms with van der Waals surface area (Å²) in [7, 11) is 0. The first-order valence-electron chi connectivity index (χ1n) is 5.02. The van der Waals surface area contributed by atoms with Crippen LogP contribution in [0.5, 0.6) is 0 Å². The van der Waals surface area contributed by atoms with Crippen molar-refractivity contribution in [2.24, 2.45) is 0 Å². The molecule has 2 nitrogen and oxygen atoms in total. The number of aromatic nitrogens is 2. The summed E-state index contributed by atoms with van der Waals surface area (Å²) in [5.74, 6) is 0. The molecule has 1 aromatic carbocycles. The Morgan fingerprint density at radius 3 is 2.69 bits per heavy atom. The lowest BCUT2D eigenvalue weighted by atomic mass is 10.2. The van der Waals surface area contributed by atoms with Crippen molar-refractivity contribution in [3.8, 4) is 11.3 Å². The Morgan fingerprint density at radius 2 is 1.88 bits per heavy atom. The highest BCUT2D eigenvalue weighted by Crippen LogP contribution is 2.24. The molecular weight excluding hydrogens is 264 g/mol. The average Bonchev–Trinajstić information content (AvgIpc) is 2.73. The summed E-state index contributed by atoms with van der Waals surface area (Å²) in [6, 6.07) is 14.3. The molecule has 0 amide bonds. The van der Waals surface area contributed by atoms with E-state index in [0.717, 1.165) is 21.2 Å². The quantitative estimate of drug-likeness (QED) is 0.713. The molecule has 0 saturated carbocycles. The highest BCUT2D eigenvalue weighted by molar-refractivity contribution is 9.10. The van der Waals surface area contributed by atoms with Gasteiger partial charge in [0.2, 0.25) is 0 Å². The summed E-state index contributed by atoms with van der Waals surface area (Å²) in [6.07, 6.45) is 1.81. The lowest BCUT2D eigenvalue weighted by Crippen LogP contribution is -1.75. The Hall–Kier alpha value is -1.61. The van der Waals surface area contributed by atoms with Crippen molar-refractivity contribution in [3.05, 3.63) is 53.1 Å². The van der Waals surface area contributed by atoms with Crippen molar-refractivity contribution in [2.45, 2.75) is 0 Å². The first kappa shape index (κ1) is 9.60. The molecule has 78 valence electrons. The zero-order valence-electron chi connectivity index (χ0n) is 8.44. The van der Waals surface area contributed by atoms with Crippen LogP contribution in [0.2, 0.25) is 0 Å². The monoisotopic (exact) mass is 272 g/mol. The van der Waals surface area contributed by atoms with Crippen LogP contribution < -0.4 is 0 Å². The maximum absolute atomic E-state index is 4.35. The van der Waals surface area contributed by atoms with E-state index in [0.29, 0.717) is 0 Å². The topological polar surface area (TPSA) is 28.7 Å². The van der Waals surface area contributed by atoms with E-state index in [1.165, 1.54) is 5.56 Å². The van der Waals surface area contributed by atoms with Crippen molar-refractivity contribution < 1.29 is 0 Å². The number of rotatable bonds is 1. The molecule has 0 aliphatic heterocycles. The highest BCUT2D eigenvalue weighted by Gasteiger charge is 2.03. The number of hydrogen-bond donors (Lipinski definition) is 1. The normalized spacial score (nSPS) is 10.8. The van der Waals surface area contributed by atoms with Gasteiger partial charge in [0.05, 0.1) is 11.0 Å². The van der Waals surface area contributed by atoms with Gasteiger partial charge in [0, 0.05) is 16.4 Å². The van der Waals surface area contributed by atoms with Crippen molar-refractivity contribution in [3.63, 3.8) is 0 Å². The van der Waals surface area contributed by atoms with E-state index in [4.69, 9.17) is 0 Å². The molecule has 0 aliphatic carbocycles. The van der Waals surface area contributed by atoms with Gasteiger partial charge in [-0.1, -0.05) is 30.3 Å². The van der Waals surface area contributed by atoms with E-state index in [1.807, 2.05) is 30.5 Å². The number of benzene rings is 1. The van der Waals surface area contributed by atoms with Crippen molar-refractivity contribution in [1.29, 1.82) is 0 Å². The molecule has 0 saturated heterocycles. The molecule has 2 aromatic heterocycles. The van der Waals surface area contributed by atoms with Gasteiger partial charge in [0.25, 0.3) is 0 Å². The van der Waals surface area contributed by atoms with E-state index < -0.39 is 0 Å². The van der Waals surface area contributed by atoms with E-state index >= 15 is 0 Å². The first-order chi connectivity index (χ1) is 7.83. The molecule has 0 unspecified atom stereocenters. The predicted molar refractivity (Wildman–Crippen MR) is 69.2 cm³/mol. The number of H-pyrrole nitrogens is 1. The van der Waals surface area contributed by atoms with Crippen LogP contribution >= 0.6 is 15.9 Å². The lowest BCUT2D eigenvalue weighted by molar-refractivity contribution is 1.38. The summed E-state index contributed by atoms with van der Waals surface area (Å²) < 4.78 is 0.987. The van der Waals surface area contributed by atoms with Gasteiger partial charge in [0.15, 0.2) is 0 Å². The van der Waals surface area contributed by atoms with Gasteiger partial charge >= 0.3 is 0 Å². The number of pyridine rings is 1. The van der Waals surface area contributed by atoms with E-state index in [1.54, 1.807) is 0 Å². The molecule has 0 radical (unpaired) electrons. The fourth-order valence-electron chi connectivity index (χ4n) is 1.76. The van der Waals surface area contributed by atoms with Crippen LogP contribution in [0.25, 0.3) is 22.3 Å². The lowest BCUT2D eigenvalue weighted by Gasteiger charge is -1.94. The Kier molecular flexibility index (Phi) is 2.26. The minimum absolute atomic E-state index is 0.987. The molecule has 0 atom stereocenters. The van der Waals surface area contributed by atoms with Crippen LogP contribution in [0.1, 0.15) is 0 Å². The Balaban J connectivity index is 2.19. The summed E-state index contributed by atoms with van der Waals surface area (Å²) in [5.41, 5.74) is 4.31. The fraction of sp³-hybridized carbons (Fsp3) is 0. The Morgan fingerprint density at radius 1 is 1.06 bits per heavy atom.